The minimum absolute atomic E-state index is 0.238. The molecule has 0 bridgehead atoms. The molecular weight excluding hydrogens is 223 g/mol. The summed E-state index contributed by atoms with van der Waals surface area (Å²) in [6.07, 6.45) is 0.587. The lowest BCUT2D eigenvalue weighted by Gasteiger charge is -1.95. The van der Waals surface area contributed by atoms with Crippen LogP contribution in [0.15, 0.2) is 24.3 Å². The molecule has 1 aromatic carbocycles. The van der Waals surface area contributed by atoms with Crippen molar-refractivity contribution < 1.29 is 4.39 Å². The lowest BCUT2D eigenvalue weighted by molar-refractivity contribution is 0.627. The summed E-state index contributed by atoms with van der Waals surface area (Å²) in [7, 11) is 0. The molecule has 0 radical (unpaired) electrons. The SMILES string of the molecule is Fc1ccc(Cc2nsc(Cl)n2)cc1. The number of hydrogen-bond acceptors (Lipinski definition) is 3. The van der Waals surface area contributed by atoms with E-state index in [0.29, 0.717) is 16.7 Å². The normalized spacial score (nSPS) is 10.4. The minimum Gasteiger partial charge on any atom is -0.208 e. The maximum Gasteiger partial charge on any atom is 0.203 e. The molecule has 0 aliphatic rings. The van der Waals surface area contributed by atoms with Crippen LogP contribution in [0.4, 0.5) is 4.39 Å². The Labute approximate surface area is 89.5 Å². The molecule has 0 atom stereocenters. The van der Waals surface area contributed by atoms with Crippen molar-refractivity contribution in [3.63, 3.8) is 0 Å². The van der Waals surface area contributed by atoms with Gasteiger partial charge in [0.1, 0.15) is 11.6 Å². The summed E-state index contributed by atoms with van der Waals surface area (Å²) in [5.74, 6) is 0.435. The number of halogens is 2. The second-order valence-electron chi connectivity index (χ2n) is 2.77. The Morgan fingerprint density at radius 3 is 2.57 bits per heavy atom. The van der Waals surface area contributed by atoms with E-state index in [4.69, 9.17) is 11.6 Å². The Hall–Kier alpha value is -1.00. The van der Waals surface area contributed by atoms with Gasteiger partial charge in [0.15, 0.2) is 0 Å². The first-order valence-corrected chi connectivity index (χ1v) is 5.12. The van der Waals surface area contributed by atoms with Crippen LogP contribution in [0.2, 0.25) is 4.47 Å². The quantitative estimate of drug-likeness (QED) is 0.790. The summed E-state index contributed by atoms with van der Waals surface area (Å²) in [5, 5.41) is 0. The molecule has 0 fully saturated rings. The van der Waals surface area contributed by atoms with Gasteiger partial charge in [-0.1, -0.05) is 12.1 Å². The van der Waals surface area contributed by atoms with Crippen LogP contribution in [0.25, 0.3) is 0 Å². The van der Waals surface area contributed by atoms with Gasteiger partial charge in [0.05, 0.1) is 0 Å². The molecule has 0 aliphatic heterocycles. The van der Waals surface area contributed by atoms with Crippen molar-refractivity contribution in [2.75, 3.05) is 0 Å². The van der Waals surface area contributed by atoms with Crippen molar-refractivity contribution >= 4 is 23.1 Å². The highest BCUT2D eigenvalue weighted by molar-refractivity contribution is 7.10. The Kier molecular flexibility index (Phi) is 2.74. The summed E-state index contributed by atoms with van der Waals surface area (Å²) in [6.45, 7) is 0. The lowest BCUT2D eigenvalue weighted by Crippen LogP contribution is -1.90. The number of aromatic nitrogens is 2. The molecule has 0 saturated heterocycles. The van der Waals surface area contributed by atoms with Crippen LogP contribution >= 0.6 is 23.1 Å². The maximum absolute atomic E-state index is 12.6. The summed E-state index contributed by atoms with van der Waals surface area (Å²) in [4.78, 5) is 4.01. The van der Waals surface area contributed by atoms with E-state index >= 15 is 0 Å². The predicted molar refractivity (Wildman–Crippen MR) is 54.1 cm³/mol. The maximum atomic E-state index is 12.6. The molecule has 0 aliphatic carbocycles. The van der Waals surface area contributed by atoms with E-state index < -0.39 is 0 Å². The zero-order valence-electron chi connectivity index (χ0n) is 7.08. The number of rotatable bonds is 2. The summed E-state index contributed by atoms with van der Waals surface area (Å²) >= 11 is 6.79. The third-order valence-electron chi connectivity index (χ3n) is 1.72. The van der Waals surface area contributed by atoms with Crippen LogP contribution < -0.4 is 0 Å². The van der Waals surface area contributed by atoms with Crippen LogP contribution in [0, 0.1) is 5.82 Å². The monoisotopic (exact) mass is 228 g/mol. The molecule has 2 nitrogen and oxygen atoms in total. The van der Waals surface area contributed by atoms with Crippen molar-refractivity contribution in [1.82, 2.24) is 9.36 Å². The number of nitrogens with zero attached hydrogens (tertiary/aromatic N) is 2. The average molecular weight is 229 g/mol. The second kappa shape index (κ2) is 4.02. The van der Waals surface area contributed by atoms with Gasteiger partial charge in [-0.3, -0.25) is 0 Å². The smallest absolute Gasteiger partial charge is 0.203 e. The van der Waals surface area contributed by atoms with Crippen molar-refractivity contribution in [2.24, 2.45) is 0 Å². The number of hydrogen-bond donors (Lipinski definition) is 0. The van der Waals surface area contributed by atoms with Gasteiger partial charge in [0.25, 0.3) is 0 Å². The largest absolute Gasteiger partial charge is 0.208 e. The van der Waals surface area contributed by atoms with Gasteiger partial charge in [-0.15, -0.1) is 0 Å². The van der Waals surface area contributed by atoms with Gasteiger partial charge in [-0.05, 0) is 40.8 Å². The van der Waals surface area contributed by atoms with Crippen LogP contribution in [-0.2, 0) is 6.42 Å². The topological polar surface area (TPSA) is 25.8 Å². The number of benzene rings is 1. The second-order valence-corrected chi connectivity index (χ2v) is 4.10. The van der Waals surface area contributed by atoms with Gasteiger partial charge in [0, 0.05) is 6.42 Å². The third-order valence-corrected chi connectivity index (χ3v) is 2.55. The van der Waals surface area contributed by atoms with Gasteiger partial charge in [-0.2, -0.15) is 4.37 Å². The van der Waals surface area contributed by atoms with Crippen molar-refractivity contribution in [3.05, 3.63) is 45.9 Å². The highest BCUT2D eigenvalue weighted by Gasteiger charge is 2.02. The standard InChI is InChI=1S/C9H6ClFN2S/c10-9-12-8(13-14-9)5-6-1-3-7(11)4-2-6/h1-4H,5H2. The van der Waals surface area contributed by atoms with Gasteiger partial charge in [0.2, 0.25) is 4.47 Å². The Bertz CT molecular complexity index is 427. The van der Waals surface area contributed by atoms with Crippen molar-refractivity contribution in [1.29, 1.82) is 0 Å². The highest BCUT2D eigenvalue weighted by atomic mass is 35.5. The first-order valence-electron chi connectivity index (χ1n) is 3.96. The molecule has 1 aromatic heterocycles. The van der Waals surface area contributed by atoms with Crippen molar-refractivity contribution in [2.45, 2.75) is 6.42 Å². The van der Waals surface area contributed by atoms with E-state index in [9.17, 15) is 4.39 Å². The molecule has 14 heavy (non-hydrogen) atoms. The third kappa shape index (κ3) is 2.27. The minimum atomic E-state index is -0.238. The molecule has 72 valence electrons. The van der Waals surface area contributed by atoms with Gasteiger partial charge < -0.3 is 0 Å². The van der Waals surface area contributed by atoms with Crippen molar-refractivity contribution in [3.8, 4) is 0 Å². The molecule has 0 amide bonds. The highest BCUT2D eigenvalue weighted by Crippen LogP contribution is 2.14. The van der Waals surface area contributed by atoms with E-state index in [0.717, 1.165) is 17.1 Å². The first kappa shape index (κ1) is 9.55. The molecule has 1 heterocycles. The zero-order chi connectivity index (χ0) is 9.97. The fourth-order valence-electron chi connectivity index (χ4n) is 1.09. The van der Waals surface area contributed by atoms with Crippen LogP contribution in [0.5, 0.6) is 0 Å². The molecule has 5 heteroatoms. The molecule has 0 spiro atoms. The first-order chi connectivity index (χ1) is 6.74. The molecule has 0 N–H and O–H groups in total. The van der Waals surface area contributed by atoms with E-state index in [1.807, 2.05) is 0 Å². The van der Waals surface area contributed by atoms with Crippen LogP contribution in [-0.4, -0.2) is 9.36 Å². The molecular formula is C9H6ClFN2S. The molecule has 2 rings (SSSR count). The van der Waals surface area contributed by atoms with E-state index in [1.54, 1.807) is 12.1 Å². The van der Waals surface area contributed by atoms with Gasteiger partial charge >= 0.3 is 0 Å². The van der Waals surface area contributed by atoms with E-state index in [2.05, 4.69) is 9.36 Å². The Morgan fingerprint density at radius 1 is 1.29 bits per heavy atom. The Balaban J connectivity index is 2.15. The van der Waals surface area contributed by atoms with Crippen LogP contribution in [0.1, 0.15) is 11.4 Å². The molecule has 0 unspecified atom stereocenters. The fraction of sp³-hybridized carbons (Fsp3) is 0.111. The van der Waals surface area contributed by atoms with Gasteiger partial charge in [-0.25, -0.2) is 9.37 Å². The van der Waals surface area contributed by atoms with Crippen LogP contribution in [0.3, 0.4) is 0 Å². The lowest BCUT2D eigenvalue weighted by atomic mass is 10.1. The molecule has 2 aromatic rings. The summed E-state index contributed by atoms with van der Waals surface area (Å²) in [6, 6.07) is 6.27. The Morgan fingerprint density at radius 2 is 2.00 bits per heavy atom. The summed E-state index contributed by atoms with van der Waals surface area (Å²) in [5.41, 5.74) is 0.973. The van der Waals surface area contributed by atoms with E-state index in [1.165, 1.54) is 12.1 Å². The summed E-state index contributed by atoms with van der Waals surface area (Å²) < 4.78 is 17.1. The molecule has 0 saturated carbocycles. The van der Waals surface area contributed by atoms with E-state index in [-0.39, 0.29) is 5.82 Å². The predicted octanol–water partition coefficient (Wildman–Crippen LogP) is 2.92. The fourth-order valence-corrected chi connectivity index (χ4v) is 1.72. The average Bonchev–Trinajstić information content (AvgIpc) is 2.56. The zero-order valence-corrected chi connectivity index (χ0v) is 8.65.